The van der Waals surface area contributed by atoms with Crippen LogP contribution in [-0.4, -0.2) is 69.6 Å². The van der Waals surface area contributed by atoms with Gasteiger partial charge in [-0.15, -0.1) is 0 Å². The van der Waals surface area contributed by atoms with Crippen molar-refractivity contribution < 1.29 is 22.7 Å². The maximum Gasteiger partial charge on any atom is 0.255 e. The van der Waals surface area contributed by atoms with Crippen LogP contribution in [0.3, 0.4) is 0 Å². The number of piperazine rings is 1. The largest absolute Gasteiger partial charge is 0.495 e. The second kappa shape index (κ2) is 8.95. The summed E-state index contributed by atoms with van der Waals surface area (Å²) in [6, 6.07) is 10.9. The molecular formula is C21H25N3O5S. The molecule has 1 aliphatic heterocycles. The third-order valence-electron chi connectivity index (χ3n) is 5.03. The van der Waals surface area contributed by atoms with Crippen LogP contribution in [0.15, 0.2) is 47.4 Å². The summed E-state index contributed by atoms with van der Waals surface area (Å²) in [5.41, 5.74) is 1.10. The van der Waals surface area contributed by atoms with Gasteiger partial charge in [-0.3, -0.25) is 9.59 Å². The van der Waals surface area contributed by atoms with Crippen molar-refractivity contribution in [2.24, 2.45) is 0 Å². The molecule has 0 radical (unpaired) electrons. The lowest BCUT2D eigenvalue weighted by Crippen LogP contribution is -2.47. The molecule has 3 rings (SSSR count). The van der Waals surface area contributed by atoms with E-state index in [0.717, 1.165) is 0 Å². The molecule has 160 valence electrons. The number of carbonyl (C=O) groups is 2. The molecule has 0 unspecified atom stereocenters. The Kier molecular flexibility index (Phi) is 6.55. The molecule has 1 aliphatic rings. The van der Waals surface area contributed by atoms with Crippen molar-refractivity contribution in [3.63, 3.8) is 0 Å². The average Bonchev–Trinajstić information content (AvgIpc) is 2.73. The molecule has 1 heterocycles. The number of rotatable bonds is 6. The van der Waals surface area contributed by atoms with Crippen LogP contribution in [0.1, 0.15) is 27.6 Å². The number of hydrogen-bond donors (Lipinski definition) is 1. The Bertz CT molecular complexity index is 1060. The van der Waals surface area contributed by atoms with Crippen molar-refractivity contribution in [3.8, 4) is 5.75 Å². The van der Waals surface area contributed by atoms with Crippen LogP contribution in [0, 0.1) is 0 Å². The lowest BCUT2D eigenvalue weighted by atomic mass is 10.1. The highest BCUT2D eigenvalue weighted by molar-refractivity contribution is 7.89. The van der Waals surface area contributed by atoms with E-state index in [9.17, 15) is 18.0 Å². The first-order valence-corrected chi connectivity index (χ1v) is 11.0. The number of likely N-dealkylation sites (N-methyl/N-ethyl adjacent to an activating group) is 1. The summed E-state index contributed by atoms with van der Waals surface area (Å²) in [5, 5.41) is 2.71. The van der Waals surface area contributed by atoms with Crippen molar-refractivity contribution in [2.75, 3.05) is 45.7 Å². The number of anilines is 1. The van der Waals surface area contributed by atoms with Crippen molar-refractivity contribution in [2.45, 2.75) is 11.8 Å². The first-order valence-electron chi connectivity index (χ1n) is 9.51. The molecule has 2 aromatic rings. The summed E-state index contributed by atoms with van der Waals surface area (Å²) in [6.07, 6.45) is 0. The van der Waals surface area contributed by atoms with E-state index in [-0.39, 0.29) is 22.0 Å². The van der Waals surface area contributed by atoms with Gasteiger partial charge in [0.1, 0.15) is 10.6 Å². The summed E-state index contributed by atoms with van der Waals surface area (Å²) in [6.45, 7) is 3.45. The molecular weight excluding hydrogens is 406 g/mol. The fourth-order valence-corrected chi connectivity index (χ4v) is 4.81. The van der Waals surface area contributed by atoms with Crippen LogP contribution in [0.4, 0.5) is 5.69 Å². The zero-order valence-electron chi connectivity index (χ0n) is 17.2. The number of amides is 1. The summed E-state index contributed by atoms with van der Waals surface area (Å²) in [7, 11) is -0.483. The van der Waals surface area contributed by atoms with E-state index >= 15 is 0 Å². The zero-order valence-corrected chi connectivity index (χ0v) is 18.0. The van der Waals surface area contributed by atoms with Crippen LogP contribution in [0.2, 0.25) is 0 Å². The van der Waals surface area contributed by atoms with Gasteiger partial charge in [0.05, 0.1) is 7.11 Å². The van der Waals surface area contributed by atoms with Crippen molar-refractivity contribution in [1.82, 2.24) is 9.21 Å². The minimum absolute atomic E-state index is 0.0420. The van der Waals surface area contributed by atoms with Crippen molar-refractivity contribution >= 4 is 27.4 Å². The molecule has 1 saturated heterocycles. The highest BCUT2D eigenvalue weighted by Gasteiger charge is 2.30. The first-order chi connectivity index (χ1) is 14.2. The van der Waals surface area contributed by atoms with Crippen LogP contribution < -0.4 is 10.1 Å². The number of hydrogen-bond acceptors (Lipinski definition) is 6. The van der Waals surface area contributed by atoms with Gasteiger partial charge in [-0.1, -0.05) is 12.1 Å². The van der Waals surface area contributed by atoms with Gasteiger partial charge in [-0.25, -0.2) is 8.42 Å². The number of carbonyl (C=O) groups excluding carboxylic acids is 2. The molecule has 0 aromatic heterocycles. The van der Waals surface area contributed by atoms with E-state index in [0.29, 0.717) is 37.4 Å². The number of ketones is 1. The van der Waals surface area contributed by atoms with Crippen molar-refractivity contribution in [1.29, 1.82) is 0 Å². The normalized spacial score (nSPS) is 15.6. The van der Waals surface area contributed by atoms with Crippen LogP contribution in [0.5, 0.6) is 5.75 Å². The number of Topliss-reactive ketones (excluding diaryl/α,β-unsaturated/α-hetero) is 1. The smallest absolute Gasteiger partial charge is 0.255 e. The van der Waals surface area contributed by atoms with Gasteiger partial charge < -0.3 is 15.0 Å². The molecule has 2 aromatic carbocycles. The predicted octanol–water partition coefficient (Wildman–Crippen LogP) is 2.09. The molecule has 0 spiro atoms. The van der Waals surface area contributed by atoms with Gasteiger partial charge in [0.25, 0.3) is 5.91 Å². The molecule has 0 saturated carbocycles. The predicted molar refractivity (Wildman–Crippen MR) is 114 cm³/mol. The fourth-order valence-electron chi connectivity index (χ4n) is 3.21. The summed E-state index contributed by atoms with van der Waals surface area (Å²) < 4.78 is 33.0. The monoisotopic (exact) mass is 431 g/mol. The fraction of sp³-hybridized carbons (Fsp3) is 0.333. The van der Waals surface area contributed by atoms with E-state index in [1.54, 1.807) is 24.3 Å². The topological polar surface area (TPSA) is 96.0 Å². The molecule has 0 atom stereocenters. The van der Waals surface area contributed by atoms with Gasteiger partial charge >= 0.3 is 0 Å². The maximum atomic E-state index is 13.2. The number of nitrogens with zero attached hydrogens (tertiary/aromatic N) is 2. The third-order valence-corrected chi connectivity index (χ3v) is 6.95. The van der Waals surface area contributed by atoms with E-state index in [1.807, 2.05) is 7.05 Å². The standard InChI is InChI=1S/C21H25N3O5S/c1-15(25)16-5-4-6-18(13-16)22-21(26)17-7-8-19(29-3)20(14-17)30(27,28)24-11-9-23(2)10-12-24/h4-8,13-14H,9-12H2,1-3H3,(H,22,26). The number of sulfonamides is 1. The van der Waals surface area contributed by atoms with Gasteiger partial charge in [-0.05, 0) is 44.3 Å². The molecule has 1 amide bonds. The number of methoxy groups -OCH3 is 1. The van der Waals surface area contributed by atoms with E-state index in [4.69, 9.17) is 4.74 Å². The number of nitrogens with one attached hydrogen (secondary N) is 1. The lowest BCUT2D eigenvalue weighted by Gasteiger charge is -2.31. The first kappa shape index (κ1) is 21.9. The number of ether oxygens (including phenoxy) is 1. The minimum atomic E-state index is -3.82. The molecule has 1 N–H and O–H groups in total. The number of benzene rings is 2. The average molecular weight is 432 g/mol. The minimum Gasteiger partial charge on any atom is -0.495 e. The third kappa shape index (κ3) is 4.69. The Morgan fingerprint density at radius 2 is 1.70 bits per heavy atom. The second-order valence-corrected chi connectivity index (χ2v) is 9.07. The van der Waals surface area contributed by atoms with Gasteiger partial charge in [0.15, 0.2) is 5.78 Å². The van der Waals surface area contributed by atoms with Gasteiger partial charge in [0.2, 0.25) is 10.0 Å². The van der Waals surface area contributed by atoms with Gasteiger partial charge in [-0.2, -0.15) is 4.31 Å². The summed E-state index contributed by atoms with van der Waals surface area (Å²) >= 11 is 0. The quantitative estimate of drug-likeness (QED) is 0.704. The molecule has 9 heteroatoms. The Morgan fingerprint density at radius 3 is 2.33 bits per heavy atom. The SMILES string of the molecule is COc1ccc(C(=O)Nc2cccc(C(C)=O)c2)cc1S(=O)(=O)N1CCN(C)CC1. The highest BCUT2D eigenvalue weighted by Crippen LogP contribution is 2.29. The molecule has 30 heavy (non-hydrogen) atoms. The highest BCUT2D eigenvalue weighted by atomic mass is 32.2. The zero-order chi connectivity index (χ0) is 21.9. The van der Waals surface area contributed by atoms with Crippen LogP contribution in [-0.2, 0) is 10.0 Å². The van der Waals surface area contributed by atoms with E-state index in [2.05, 4.69) is 10.2 Å². The summed E-state index contributed by atoms with van der Waals surface area (Å²) in [5.74, 6) is -0.409. The maximum absolute atomic E-state index is 13.2. The molecule has 8 nitrogen and oxygen atoms in total. The molecule has 1 fully saturated rings. The van der Waals surface area contributed by atoms with E-state index < -0.39 is 15.9 Å². The van der Waals surface area contributed by atoms with Gasteiger partial charge in [0, 0.05) is 43.0 Å². The Balaban J connectivity index is 1.89. The van der Waals surface area contributed by atoms with Crippen molar-refractivity contribution in [3.05, 3.63) is 53.6 Å². The molecule has 0 bridgehead atoms. The Hall–Kier alpha value is -2.75. The second-order valence-electron chi connectivity index (χ2n) is 7.16. The Labute approximate surface area is 176 Å². The van der Waals surface area contributed by atoms with E-state index in [1.165, 1.54) is 36.5 Å². The lowest BCUT2D eigenvalue weighted by molar-refractivity contribution is 0.101. The van der Waals surface area contributed by atoms with Crippen LogP contribution in [0.25, 0.3) is 0 Å². The molecule has 0 aliphatic carbocycles. The summed E-state index contributed by atoms with van der Waals surface area (Å²) in [4.78, 5) is 26.3. The van der Waals surface area contributed by atoms with Crippen LogP contribution >= 0.6 is 0 Å². The Morgan fingerprint density at radius 1 is 1.00 bits per heavy atom.